The molecule has 0 aliphatic carbocycles. The fourth-order valence-electron chi connectivity index (χ4n) is 2.08. The molecule has 0 spiro atoms. The van der Waals surface area contributed by atoms with Crippen molar-refractivity contribution in [1.29, 1.82) is 0 Å². The van der Waals surface area contributed by atoms with Gasteiger partial charge < -0.3 is 10.1 Å². The van der Waals surface area contributed by atoms with Crippen molar-refractivity contribution in [1.82, 2.24) is 0 Å². The normalized spacial score (nSPS) is 21.6. The van der Waals surface area contributed by atoms with Gasteiger partial charge in [0.1, 0.15) is 0 Å². The van der Waals surface area contributed by atoms with E-state index in [0.29, 0.717) is 16.8 Å². The molecule has 1 heterocycles. The van der Waals surface area contributed by atoms with Crippen LogP contribution in [0.15, 0.2) is 18.2 Å². The predicted molar refractivity (Wildman–Crippen MR) is 76.7 cm³/mol. The Morgan fingerprint density at radius 3 is 3.06 bits per heavy atom. The molecule has 2 atom stereocenters. The molecule has 2 rings (SSSR count). The summed E-state index contributed by atoms with van der Waals surface area (Å²) in [5.74, 6) is 0.496. The minimum atomic E-state index is -0.879. The highest BCUT2D eigenvalue weighted by atomic mass is 35.5. The van der Waals surface area contributed by atoms with Crippen LogP contribution in [0.2, 0.25) is 5.02 Å². The number of anilines is 1. The smallest absolute Gasteiger partial charge is 0.0667 e. The quantitative estimate of drug-likeness (QED) is 0.925. The summed E-state index contributed by atoms with van der Waals surface area (Å²) in [7, 11) is -0.879. The van der Waals surface area contributed by atoms with Gasteiger partial charge in [-0.1, -0.05) is 11.6 Å². The first-order valence-electron chi connectivity index (χ1n) is 6.08. The molecule has 1 aliphatic rings. The van der Waals surface area contributed by atoms with Gasteiger partial charge in [0.25, 0.3) is 0 Å². The van der Waals surface area contributed by atoms with Crippen molar-refractivity contribution >= 4 is 28.1 Å². The van der Waals surface area contributed by atoms with E-state index >= 15 is 0 Å². The number of halogens is 1. The molecule has 0 saturated carbocycles. The van der Waals surface area contributed by atoms with E-state index in [1.807, 2.05) is 18.2 Å². The van der Waals surface area contributed by atoms with Gasteiger partial charge in [-0.3, -0.25) is 4.21 Å². The summed E-state index contributed by atoms with van der Waals surface area (Å²) in [6, 6.07) is 6.16. The van der Waals surface area contributed by atoms with Gasteiger partial charge in [0, 0.05) is 46.2 Å². The molecule has 3 nitrogen and oxygen atoms in total. The topological polar surface area (TPSA) is 38.3 Å². The lowest BCUT2D eigenvalue weighted by atomic mass is 10.1. The molecular formula is C13H18ClNO2S. The summed E-state index contributed by atoms with van der Waals surface area (Å²) in [6.07, 6.45) is 3.90. The van der Waals surface area contributed by atoms with Crippen molar-refractivity contribution in [2.75, 3.05) is 24.8 Å². The lowest BCUT2D eigenvalue weighted by molar-refractivity contribution is 0.0876. The number of hydrogen-bond donors (Lipinski definition) is 1. The fraction of sp³-hybridized carbons (Fsp3) is 0.538. The van der Waals surface area contributed by atoms with Crippen LogP contribution in [-0.2, 0) is 21.3 Å². The zero-order valence-corrected chi connectivity index (χ0v) is 12.0. The van der Waals surface area contributed by atoms with Crippen molar-refractivity contribution in [3.05, 3.63) is 28.8 Å². The summed E-state index contributed by atoms with van der Waals surface area (Å²) in [6.45, 7) is 1.61. The lowest BCUT2D eigenvalue weighted by Gasteiger charge is -2.24. The van der Waals surface area contributed by atoms with Gasteiger partial charge in [-0.15, -0.1) is 0 Å². The van der Waals surface area contributed by atoms with Gasteiger partial charge in [-0.05, 0) is 36.6 Å². The van der Waals surface area contributed by atoms with Crippen LogP contribution >= 0.6 is 11.6 Å². The van der Waals surface area contributed by atoms with Crippen LogP contribution in [-0.4, -0.2) is 29.7 Å². The van der Waals surface area contributed by atoms with E-state index in [9.17, 15) is 4.21 Å². The van der Waals surface area contributed by atoms with Crippen LogP contribution in [0.5, 0.6) is 0 Å². The molecule has 0 bridgehead atoms. The largest absolute Gasteiger partial charge is 0.380 e. The third-order valence-electron chi connectivity index (χ3n) is 2.94. The number of ether oxygens (including phenoxy) is 1. The third-order valence-corrected chi connectivity index (χ3v) is 4.02. The Labute approximate surface area is 115 Å². The van der Waals surface area contributed by atoms with Crippen LogP contribution in [0.25, 0.3) is 0 Å². The molecule has 100 valence electrons. The van der Waals surface area contributed by atoms with E-state index < -0.39 is 10.8 Å². The number of nitrogens with one attached hydrogen (secondary N) is 1. The van der Waals surface area contributed by atoms with E-state index in [-0.39, 0.29) is 0 Å². The highest BCUT2D eigenvalue weighted by Crippen LogP contribution is 2.23. The van der Waals surface area contributed by atoms with E-state index in [2.05, 4.69) is 5.32 Å². The predicted octanol–water partition coefficient (Wildman–Crippen LogP) is 2.81. The lowest BCUT2D eigenvalue weighted by Crippen LogP contribution is -2.29. The van der Waals surface area contributed by atoms with Gasteiger partial charge in [0.05, 0.1) is 6.61 Å². The summed E-state index contributed by atoms with van der Waals surface area (Å²) in [5.41, 5.74) is 1.95. The van der Waals surface area contributed by atoms with Crippen molar-refractivity contribution in [3.63, 3.8) is 0 Å². The molecule has 18 heavy (non-hydrogen) atoms. The van der Waals surface area contributed by atoms with Gasteiger partial charge in [0.15, 0.2) is 0 Å². The molecule has 1 saturated heterocycles. The highest BCUT2D eigenvalue weighted by Gasteiger charge is 2.14. The highest BCUT2D eigenvalue weighted by molar-refractivity contribution is 7.83. The average Bonchev–Trinajstić information content (AvgIpc) is 2.34. The Hall–Kier alpha value is -0.580. The number of hydrogen-bond acceptors (Lipinski definition) is 3. The summed E-state index contributed by atoms with van der Waals surface area (Å²) < 4.78 is 16.7. The van der Waals surface area contributed by atoms with Crippen LogP contribution in [0, 0.1) is 0 Å². The second kappa shape index (κ2) is 6.55. The van der Waals surface area contributed by atoms with Gasteiger partial charge in [0.2, 0.25) is 0 Å². The molecule has 0 aromatic heterocycles. The molecule has 1 aromatic carbocycles. The van der Waals surface area contributed by atoms with Crippen LogP contribution in [0.3, 0.4) is 0 Å². The van der Waals surface area contributed by atoms with Crippen molar-refractivity contribution in [2.45, 2.75) is 24.6 Å². The number of rotatable bonds is 4. The molecule has 1 aromatic rings. The van der Waals surface area contributed by atoms with Crippen molar-refractivity contribution in [3.8, 4) is 0 Å². The molecule has 0 amide bonds. The maximum Gasteiger partial charge on any atom is 0.0667 e. The summed E-state index contributed by atoms with van der Waals surface area (Å²) >= 11 is 6.10. The average molecular weight is 288 g/mol. The minimum Gasteiger partial charge on any atom is -0.380 e. The van der Waals surface area contributed by atoms with E-state index in [0.717, 1.165) is 37.3 Å². The Morgan fingerprint density at radius 1 is 1.56 bits per heavy atom. The first kappa shape index (κ1) is 13.8. The fourth-order valence-corrected chi connectivity index (χ4v) is 3.02. The Morgan fingerprint density at radius 2 is 2.39 bits per heavy atom. The molecule has 1 fully saturated rings. The number of benzene rings is 1. The maximum absolute atomic E-state index is 11.3. The molecule has 5 heteroatoms. The van der Waals surface area contributed by atoms with Gasteiger partial charge in [-0.2, -0.15) is 0 Å². The Balaban J connectivity index is 2.05. The van der Waals surface area contributed by atoms with Crippen LogP contribution < -0.4 is 5.32 Å². The molecular weight excluding hydrogens is 270 g/mol. The summed E-state index contributed by atoms with van der Waals surface area (Å²) in [5, 5.41) is 4.12. The monoisotopic (exact) mass is 287 g/mol. The van der Waals surface area contributed by atoms with E-state index in [4.69, 9.17) is 16.3 Å². The second-order valence-electron chi connectivity index (χ2n) is 4.58. The molecule has 1 N–H and O–H groups in total. The zero-order valence-electron chi connectivity index (χ0n) is 10.4. The van der Waals surface area contributed by atoms with E-state index in [1.165, 1.54) is 0 Å². The van der Waals surface area contributed by atoms with Crippen LogP contribution in [0.4, 0.5) is 5.69 Å². The third kappa shape index (κ3) is 3.97. The van der Waals surface area contributed by atoms with Crippen molar-refractivity contribution < 1.29 is 8.95 Å². The maximum atomic E-state index is 11.3. The van der Waals surface area contributed by atoms with Crippen LogP contribution in [0.1, 0.15) is 18.4 Å². The van der Waals surface area contributed by atoms with Gasteiger partial charge >= 0.3 is 0 Å². The molecule has 0 unspecified atom stereocenters. The molecule has 0 radical (unpaired) electrons. The first-order valence-corrected chi connectivity index (χ1v) is 8.18. The summed E-state index contributed by atoms with van der Waals surface area (Å²) in [4.78, 5) is 0. The zero-order chi connectivity index (χ0) is 13.0. The van der Waals surface area contributed by atoms with Crippen molar-refractivity contribution in [2.24, 2.45) is 0 Å². The molecule has 1 aliphatic heterocycles. The second-order valence-corrected chi connectivity index (χ2v) is 6.42. The van der Waals surface area contributed by atoms with E-state index in [1.54, 1.807) is 6.26 Å². The Kier molecular flexibility index (Phi) is 5.03. The SMILES string of the molecule is C[S@@](=O)Cc1cc(N[C@@H]2CCCOC2)ccc1Cl. The standard InChI is InChI=1S/C13H18ClNO2S/c1-18(16)9-10-7-11(4-5-13(10)14)15-12-3-2-6-17-8-12/h4-5,7,12,15H,2-3,6,8-9H2,1H3/t12-,18-/m1/s1. The van der Waals surface area contributed by atoms with Gasteiger partial charge in [-0.25, -0.2) is 0 Å². The Bertz CT molecular complexity index is 433. The minimum absolute atomic E-state index is 0.361. The first-order chi connectivity index (χ1) is 8.65.